The largest absolute Gasteiger partial charge is 0.351 e. The van der Waals surface area contributed by atoms with Crippen molar-refractivity contribution in [3.05, 3.63) is 68.7 Å². The zero-order chi connectivity index (χ0) is 17.0. The van der Waals surface area contributed by atoms with Crippen LogP contribution in [0.4, 0.5) is 0 Å². The Bertz CT molecular complexity index is 683. The van der Waals surface area contributed by atoms with Crippen LogP contribution in [0, 0.1) is 5.92 Å². The van der Waals surface area contributed by atoms with Crippen molar-refractivity contribution in [3.8, 4) is 0 Å². The second-order valence-corrected chi connectivity index (χ2v) is 7.01. The highest BCUT2D eigenvalue weighted by atomic mass is 35.5. The SMILES string of the molecule is CC(C)[C@@H](C(=O)NCc1ccc(Cl)cc1Cl)c1ccc(Cl)cc1. The van der Waals surface area contributed by atoms with Gasteiger partial charge in [-0.05, 0) is 41.3 Å². The fraction of sp³-hybridized carbons (Fsp3) is 0.278. The smallest absolute Gasteiger partial charge is 0.228 e. The zero-order valence-electron chi connectivity index (χ0n) is 12.9. The molecule has 0 unspecified atom stereocenters. The minimum Gasteiger partial charge on any atom is -0.351 e. The molecule has 0 saturated carbocycles. The van der Waals surface area contributed by atoms with E-state index in [0.717, 1.165) is 11.1 Å². The summed E-state index contributed by atoms with van der Waals surface area (Å²) in [4.78, 5) is 12.6. The number of halogens is 3. The number of hydrogen-bond acceptors (Lipinski definition) is 1. The first-order valence-electron chi connectivity index (χ1n) is 7.35. The minimum atomic E-state index is -0.238. The Morgan fingerprint density at radius 1 is 1.00 bits per heavy atom. The molecule has 2 aromatic rings. The van der Waals surface area contributed by atoms with E-state index in [9.17, 15) is 4.79 Å². The molecule has 0 aliphatic heterocycles. The van der Waals surface area contributed by atoms with Gasteiger partial charge in [0.05, 0.1) is 5.92 Å². The second kappa shape index (κ2) is 8.05. The average Bonchev–Trinajstić information content (AvgIpc) is 2.48. The molecule has 1 amide bonds. The lowest BCUT2D eigenvalue weighted by Gasteiger charge is -2.21. The maximum atomic E-state index is 12.6. The molecule has 0 saturated heterocycles. The van der Waals surface area contributed by atoms with E-state index in [1.54, 1.807) is 24.3 Å². The highest BCUT2D eigenvalue weighted by Gasteiger charge is 2.24. The number of hydrogen-bond donors (Lipinski definition) is 1. The maximum absolute atomic E-state index is 12.6. The Hall–Kier alpha value is -1.22. The topological polar surface area (TPSA) is 29.1 Å². The Morgan fingerprint density at radius 3 is 2.17 bits per heavy atom. The van der Waals surface area contributed by atoms with Crippen molar-refractivity contribution in [2.45, 2.75) is 26.3 Å². The predicted octanol–water partition coefficient (Wildman–Crippen LogP) is 5.70. The predicted molar refractivity (Wildman–Crippen MR) is 97.3 cm³/mol. The molecule has 0 aliphatic carbocycles. The van der Waals surface area contributed by atoms with E-state index >= 15 is 0 Å². The lowest BCUT2D eigenvalue weighted by atomic mass is 9.87. The quantitative estimate of drug-likeness (QED) is 0.718. The first-order valence-corrected chi connectivity index (χ1v) is 8.49. The van der Waals surface area contributed by atoms with Crippen LogP contribution in [0.2, 0.25) is 15.1 Å². The van der Waals surface area contributed by atoms with Crippen molar-refractivity contribution in [1.29, 1.82) is 0 Å². The van der Waals surface area contributed by atoms with Gasteiger partial charge in [-0.2, -0.15) is 0 Å². The van der Waals surface area contributed by atoms with Gasteiger partial charge in [0.25, 0.3) is 0 Å². The molecule has 0 spiro atoms. The van der Waals surface area contributed by atoms with Gasteiger partial charge in [0.1, 0.15) is 0 Å². The van der Waals surface area contributed by atoms with Crippen LogP contribution in [0.1, 0.15) is 30.9 Å². The van der Waals surface area contributed by atoms with Crippen molar-refractivity contribution in [2.24, 2.45) is 5.92 Å². The van der Waals surface area contributed by atoms with Crippen LogP contribution >= 0.6 is 34.8 Å². The summed E-state index contributed by atoms with van der Waals surface area (Å²) in [5.41, 5.74) is 1.78. The molecule has 0 heterocycles. The van der Waals surface area contributed by atoms with E-state index in [0.29, 0.717) is 21.6 Å². The van der Waals surface area contributed by atoms with E-state index in [-0.39, 0.29) is 17.7 Å². The van der Waals surface area contributed by atoms with Crippen molar-refractivity contribution < 1.29 is 4.79 Å². The van der Waals surface area contributed by atoms with Crippen molar-refractivity contribution in [1.82, 2.24) is 5.32 Å². The average molecular weight is 371 g/mol. The monoisotopic (exact) mass is 369 g/mol. The van der Waals surface area contributed by atoms with Crippen LogP contribution in [-0.2, 0) is 11.3 Å². The highest BCUT2D eigenvalue weighted by Crippen LogP contribution is 2.26. The first kappa shape index (κ1) is 18.1. The highest BCUT2D eigenvalue weighted by molar-refractivity contribution is 6.35. The molecule has 1 atom stereocenters. The van der Waals surface area contributed by atoms with E-state index in [1.165, 1.54) is 0 Å². The zero-order valence-corrected chi connectivity index (χ0v) is 15.2. The van der Waals surface area contributed by atoms with Gasteiger partial charge in [-0.15, -0.1) is 0 Å². The Balaban J connectivity index is 2.11. The first-order chi connectivity index (χ1) is 10.9. The molecule has 0 radical (unpaired) electrons. The number of benzene rings is 2. The third kappa shape index (κ3) is 4.87. The Morgan fingerprint density at radius 2 is 1.61 bits per heavy atom. The molecule has 0 aromatic heterocycles. The molecule has 2 aromatic carbocycles. The van der Waals surface area contributed by atoms with Gasteiger partial charge in [-0.3, -0.25) is 4.79 Å². The number of nitrogens with one attached hydrogen (secondary N) is 1. The molecular formula is C18H18Cl3NO. The molecular weight excluding hydrogens is 353 g/mol. The fourth-order valence-electron chi connectivity index (χ4n) is 2.47. The van der Waals surface area contributed by atoms with Crippen LogP contribution in [0.25, 0.3) is 0 Å². The van der Waals surface area contributed by atoms with Crippen molar-refractivity contribution in [3.63, 3.8) is 0 Å². The van der Waals surface area contributed by atoms with Crippen LogP contribution in [0.5, 0.6) is 0 Å². The second-order valence-electron chi connectivity index (χ2n) is 5.73. The van der Waals surface area contributed by atoms with Gasteiger partial charge in [0.2, 0.25) is 5.91 Å². The molecule has 0 bridgehead atoms. The fourth-order valence-corrected chi connectivity index (χ4v) is 3.07. The van der Waals surface area contributed by atoms with Gasteiger partial charge in [0.15, 0.2) is 0 Å². The number of rotatable bonds is 5. The van der Waals surface area contributed by atoms with Crippen molar-refractivity contribution >= 4 is 40.7 Å². The number of carbonyl (C=O) groups excluding carboxylic acids is 1. The third-order valence-electron chi connectivity index (χ3n) is 3.65. The number of carbonyl (C=O) groups is 1. The Labute approximate surface area is 151 Å². The van der Waals surface area contributed by atoms with Gasteiger partial charge >= 0.3 is 0 Å². The summed E-state index contributed by atoms with van der Waals surface area (Å²) in [5, 5.41) is 4.73. The normalized spacial score (nSPS) is 12.3. The molecule has 0 aliphatic rings. The summed E-state index contributed by atoms with van der Waals surface area (Å²) in [7, 11) is 0. The van der Waals surface area contributed by atoms with E-state index < -0.39 is 0 Å². The lowest BCUT2D eigenvalue weighted by molar-refractivity contribution is -0.123. The number of amides is 1. The summed E-state index contributed by atoms with van der Waals surface area (Å²) >= 11 is 17.9. The van der Waals surface area contributed by atoms with Crippen LogP contribution in [0.15, 0.2) is 42.5 Å². The molecule has 122 valence electrons. The van der Waals surface area contributed by atoms with Gasteiger partial charge in [0, 0.05) is 21.6 Å². The minimum absolute atomic E-state index is 0.0339. The molecule has 5 heteroatoms. The molecule has 0 fully saturated rings. The molecule has 2 rings (SSSR count). The molecule has 2 nitrogen and oxygen atoms in total. The molecule has 1 N–H and O–H groups in total. The standard InChI is InChI=1S/C18H18Cl3NO/c1-11(2)17(12-3-6-14(19)7-4-12)18(23)22-10-13-5-8-15(20)9-16(13)21/h3-9,11,17H,10H2,1-2H3,(H,22,23)/t17-/m1/s1. The van der Waals surface area contributed by atoms with Gasteiger partial charge in [-0.1, -0.05) is 66.8 Å². The van der Waals surface area contributed by atoms with Crippen LogP contribution in [-0.4, -0.2) is 5.91 Å². The van der Waals surface area contributed by atoms with Crippen LogP contribution < -0.4 is 5.32 Å². The van der Waals surface area contributed by atoms with E-state index in [1.807, 2.05) is 32.0 Å². The van der Waals surface area contributed by atoms with Gasteiger partial charge in [-0.25, -0.2) is 0 Å². The summed E-state index contributed by atoms with van der Waals surface area (Å²) in [6.45, 7) is 4.41. The van der Waals surface area contributed by atoms with Gasteiger partial charge < -0.3 is 5.32 Å². The van der Waals surface area contributed by atoms with Crippen molar-refractivity contribution in [2.75, 3.05) is 0 Å². The summed E-state index contributed by atoms with van der Waals surface area (Å²) in [6.07, 6.45) is 0. The lowest BCUT2D eigenvalue weighted by Crippen LogP contribution is -2.31. The molecule has 23 heavy (non-hydrogen) atoms. The van der Waals surface area contributed by atoms with E-state index in [2.05, 4.69) is 5.32 Å². The van der Waals surface area contributed by atoms with E-state index in [4.69, 9.17) is 34.8 Å². The van der Waals surface area contributed by atoms with Crippen LogP contribution in [0.3, 0.4) is 0 Å². The summed E-state index contributed by atoms with van der Waals surface area (Å²) in [6, 6.07) is 12.6. The summed E-state index contributed by atoms with van der Waals surface area (Å²) < 4.78 is 0. The maximum Gasteiger partial charge on any atom is 0.228 e. The Kier molecular flexibility index (Phi) is 6.34. The third-order valence-corrected chi connectivity index (χ3v) is 4.49. The summed E-state index contributed by atoms with van der Waals surface area (Å²) in [5.74, 6) is -0.108.